The second-order valence-electron chi connectivity index (χ2n) is 16.0. The van der Waals surface area contributed by atoms with Crippen molar-refractivity contribution in [2.24, 2.45) is 35.1 Å². The molecule has 0 unspecified atom stereocenters. The van der Waals surface area contributed by atoms with E-state index in [1.165, 1.54) is 5.69 Å². The van der Waals surface area contributed by atoms with Gasteiger partial charge in [-0.05, 0) is 98.2 Å². The van der Waals surface area contributed by atoms with Crippen LogP contribution >= 0.6 is 62.1 Å². The maximum absolute atomic E-state index is 11.0. The van der Waals surface area contributed by atoms with E-state index in [1.54, 1.807) is 48.7 Å². The molecule has 5 aromatic rings. The molecule has 0 radical (unpaired) electrons. The fourth-order valence-electron chi connectivity index (χ4n) is 7.56. The van der Waals surface area contributed by atoms with Crippen LogP contribution in [-0.2, 0) is 103 Å². The molecule has 9 heterocycles. The standard InChI is InChI=1S/C12H14N5.C11H13ClN3.C11H14N3O.C6H12N2O.C5H3ClN.CH4N2O.7CH4.Cl3OP.4W.H2/c1-5-13-6-2-11(1)17-7-3-10(4-8-17)12-14-9-15-16-12;12-11(13)9-3-7-15(8-4-9)10-1-5-14-6-2-10;12-11(15)9-3-7-14(8-4-9)10-1-5-13-6-2-10;7-6(9)5-1-3-8-4-2-5;6-5-1-3-7-4-2-5;2-3-1-4;;;;;;;;1-5(2,3)4;;;;;/h1-2,5,9-10H,3-4,7-8H2,(H,14,15,16);1-2,5,9,13H,3-4,7-8H2;1-2,5,9H,3-4,7-8H2,(H2,12,15);5,8H,1-4H2,(H2,7,9);1-3H;1H,2H2,(H,3,4);7*1H4;;;;;;1H/q3*-1;;-1;;;;;;;;;;;;;;/i;;;;;;;;;;;;;;;;;;1+1. The maximum atomic E-state index is 11.0. The van der Waals surface area contributed by atoms with E-state index in [-0.39, 0.29) is 167 Å². The molecule has 0 atom stereocenters. The summed E-state index contributed by atoms with van der Waals surface area (Å²) in [4.78, 5) is 56.9. The molecular formula is C53H90Cl5N16O4PW4-4. The minimum atomic E-state index is -3.22. The summed E-state index contributed by atoms with van der Waals surface area (Å²) in [6.45, 7) is 7.64. The summed E-state index contributed by atoms with van der Waals surface area (Å²) < 4.78 is 9.51. The SMILES string of the molecule is C.C.C.C.C.C.C.Clc1c[c-]ncc1.N=C(Cl)C1CCN(c2c[c-]ncc2)CC1.NC(=O)C1CCN(c2c[c-]ncc2)CC1.NC(=O)C1CCNCC1.NNC=O.O=P(Cl)(Cl)Cl.[2HH].[W].[W].[W].[W].[c-]1cc(N2CCC(c3ncn[nH]3)CC2)ccn1. The van der Waals surface area contributed by atoms with Crippen molar-refractivity contribution in [1.29, 1.82) is 5.41 Å². The second kappa shape index (κ2) is 58.6. The molecule has 474 valence electrons. The molecule has 5 aromatic heterocycles. The monoisotopic (exact) mass is 1960 g/mol. The molecule has 0 aliphatic carbocycles. The fraction of sp³-hybridized carbons (Fsp3) is 0.509. The molecular weight excluding hydrogens is 1870 g/mol. The number of piperidine rings is 4. The summed E-state index contributed by atoms with van der Waals surface area (Å²) in [5.41, 5.74) is 15.6. The number of amides is 3. The van der Waals surface area contributed by atoms with Gasteiger partial charge in [-0.2, -0.15) is 16.7 Å². The van der Waals surface area contributed by atoms with Crippen molar-refractivity contribution in [2.45, 2.75) is 109 Å². The number of nitrogens with one attached hydrogen (secondary N) is 4. The van der Waals surface area contributed by atoms with Gasteiger partial charge in [0.1, 0.15) is 17.3 Å². The molecule has 83 heavy (non-hydrogen) atoms. The van der Waals surface area contributed by atoms with Gasteiger partial charge in [0.15, 0.2) is 0 Å². The summed E-state index contributed by atoms with van der Waals surface area (Å²) in [5.74, 6) is 6.07. The molecule has 9 rings (SSSR count). The van der Waals surface area contributed by atoms with Crippen LogP contribution in [0.2, 0.25) is 5.02 Å². The van der Waals surface area contributed by atoms with E-state index >= 15 is 0 Å². The molecule has 30 heteroatoms. The quantitative estimate of drug-likeness (QED) is 0.0145. The van der Waals surface area contributed by atoms with Gasteiger partial charge >= 0.3 is 5.20 Å². The number of pyridine rings is 4. The van der Waals surface area contributed by atoms with E-state index in [4.69, 9.17) is 44.9 Å². The first-order valence-electron chi connectivity index (χ1n) is 22.8. The first kappa shape index (κ1) is 99.6. The van der Waals surface area contributed by atoms with Crippen molar-refractivity contribution >= 4 is 103 Å². The number of aromatic amines is 1. The molecule has 0 bridgehead atoms. The predicted octanol–water partition coefficient (Wildman–Crippen LogP) is 11.4. The Balaban J connectivity index is -0.0000000968. The van der Waals surface area contributed by atoms with Gasteiger partial charge in [0.05, 0.1) is 0 Å². The van der Waals surface area contributed by atoms with Gasteiger partial charge in [0, 0.05) is 149 Å². The topological polar surface area (TPSA) is 297 Å². The molecule has 0 spiro atoms. The molecule has 3 amide bonds. The maximum Gasteiger partial charge on any atom is 0.339 e. The molecule has 4 aliphatic heterocycles. The Bertz CT molecular complexity index is 2230. The number of hydrazine groups is 1. The Labute approximate surface area is 579 Å². The number of carbonyl (C=O) groups is 3. The number of rotatable bonds is 8. The molecule has 4 fully saturated rings. The van der Waals surface area contributed by atoms with E-state index in [2.05, 4.69) is 119 Å². The average Bonchev–Trinajstić information content (AvgIpc) is 3.96. The smallest absolute Gasteiger partial charge is 0.339 e. The van der Waals surface area contributed by atoms with Crippen molar-refractivity contribution in [3.05, 3.63) is 115 Å². The van der Waals surface area contributed by atoms with Gasteiger partial charge in [-0.25, -0.2) is 10.8 Å². The van der Waals surface area contributed by atoms with Crippen LogP contribution in [0.1, 0.15) is 117 Å². The number of anilines is 3. The normalized spacial score (nSPS) is 14.0. The number of hydrogen-bond acceptors (Lipinski definition) is 16. The Hall–Kier alpha value is -2.43. The number of aromatic nitrogens is 7. The van der Waals surface area contributed by atoms with E-state index in [0.29, 0.717) is 22.5 Å². The fourth-order valence-corrected chi connectivity index (χ4v) is 7.88. The molecule has 20 nitrogen and oxygen atoms in total. The third kappa shape index (κ3) is 44.6. The van der Waals surface area contributed by atoms with Crippen molar-refractivity contribution < 1.29 is 105 Å². The van der Waals surface area contributed by atoms with Gasteiger partial charge < -0.3 is 51.4 Å². The molecule has 0 aromatic carbocycles. The minimum Gasteiger partial charge on any atom is -0.423 e. The second-order valence-corrected chi connectivity index (χ2v) is 23.5. The third-order valence-corrected chi connectivity index (χ3v) is 11.9. The van der Waals surface area contributed by atoms with Crippen LogP contribution in [0.15, 0.2) is 79.6 Å². The average molecular weight is 1960 g/mol. The van der Waals surface area contributed by atoms with Crippen LogP contribution in [0.25, 0.3) is 0 Å². The summed E-state index contributed by atoms with van der Waals surface area (Å²) in [6.07, 6.45) is 27.6. The molecule has 4 saturated heterocycles. The number of hydrogen-bond donors (Lipinski definition) is 7. The Morgan fingerprint density at radius 1 is 0.627 bits per heavy atom. The van der Waals surface area contributed by atoms with Gasteiger partial charge in [-0.1, -0.05) is 135 Å². The van der Waals surface area contributed by atoms with Crippen LogP contribution in [0.4, 0.5) is 17.1 Å². The van der Waals surface area contributed by atoms with Crippen LogP contribution in [0.3, 0.4) is 0 Å². The summed E-state index contributed by atoms with van der Waals surface area (Å²) in [7, 11) is 0. The van der Waals surface area contributed by atoms with E-state index in [0.717, 1.165) is 121 Å². The molecule has 4 aliphatic rings. The first-order valence-corrected chi connectivity index (χ1v) is 27.9. The van der Waals surface area contributed by atoms with Crippen molar-refractivity contribution in [2.75, 3.05) is 67.1 Å². The van der Waals surface area contributed by atoms with E-state index in [9.17, 15) is 14.2 Å². The zero-order valence-electron chi connectivity index (χ0n) is 41.1. The summed E-state index contributed by atoms with van der Waals surface area (Å²) in [6, 6.07) is 15.0. The number of nitrogens with two attached hydrogens (primary N) is 3. The van der Waals surface area contributed by atoms with Crippen LogP contribution in [0, 0.1) is 48.0 Å². The predicted molar refractivity (Wildman–Crippen MR) is 333 cm³/mol. The van der Waals surface area contributed by atoms with E-state index < -0.39 is 5.20 Å². The zero-order chi connectivity index (χ0) is 52.6. The van der Waals surface area contributed by atoms with Crippen molar-refractivity contribution in [1.82, 2.24) is 45.9 Å². The van der Waals surface area contributed by atoms with Gasteiger partial charge in [-0.3, -0.25) is 34.9 Å². The van der Waals surface area contributed by atoms with Crippen LogP contribution in [0.5, 0.6) is 0 Å². The van der Waals surface area contributed by atoms with Crippen molar-refractivity contribution in [3.63, 3.8) is 0 Å². The Kier molecular flexibility index (Phi) is 70.3. The zero-order valence-corrected chi connectivity index (χ0v) is 57.5. The van der Waals surface area contributed by atoms with Crippen LogP contribution in [-0.4, -0.2) is 111 Å². The van der Waals surface area contributed by atoms with Gasteiger partial charge in [0.2, 0.25) is 18.2 Å². The van der Waals surface area contributed by atoms with Crippen molar-refractivity contribution in [3.8, 4) is 0 Å². The largest absolute Gasteiger partial charge is 0.423 e. The third-order valence-electron chi connectivity index (χ3n) is 11.4. The number of halogens is 5. The Morgan fingerprint density at radius 3 is 1.19 bits per heavy atom. The minimum absolute atomic E-state index is 0. The number of primary amides is 2. The summed E-state index contributed by atoms with van der Waals surface area (Å²) >= 11 is 25.0. The van der Waals surface area contributed by atoms with Gasteiger partial charge in [0.25, 0.3) is 0 Å². The molecule has 10 N–H and O–H groups in total. The first-order chi connectivity index (χ1) is 34.6. The number of carbonyl (C=O) groups excluding carboxylic acids is 3. The summed E-state index contributed by atoms with van der Waals surface area (Å²) in [5, 5.41) is 15.2. The van der Waals surface area contributed by atoms with E-state index in [1.807, 2.05) is 36.4 Å². The number of nitrogens with zero attached hydrogens (tertiary/aromatic N) is 9. The van der Waals surface area contributed by atoms with Gasteiger partial charge in [-0.15, -0.1) is 48.5 Å². The van der Waals surface area contributed by atoms with Crippen LogP contribution < -0.4 is 42.8 Å². The Morgan fingerprint density at radius 2 is 0.952 bits per heavy atom. The molecule has 0 saturated carbocycles. The number of H-pyrrole nitrogens is 1.